The van der Waals surface area contributed by atoms with Gasteiger partial charge in [-0.05, 0) is 25.1 Å². The lowest BCUT2D eigenvalue weighted by atomic mass is 10.0. The summed E-state index contributed by atoms with van der Waals surface area (Å²) in [6.07, 6.45) is 1.28. The molecule has 25 heavy (non-hydrogen) atoms. The fourth-order valence-electron chi connectivity index (χ4n) is 2.30. The summed E-state index contributed by atoms with van der Waals surface area (Å²) in [6, 6.07) is 18.3. The normalized spacial score (nSPS) is 9.88. The van der Waals surface area contributed by atoms with E-state index in [9.17, 15) is 0 Å². The quantitative estimate of drug-likeness (QED) is 0.531. The Morgan fingerprint density at radius 3 is 2.20 bits per heavy atom. The van der Waals surface area contributed by atoms with Gasteiger partial charge in [-0.15, -0.1) is 0 Å². The third-order valence-corrected chi connectivity index (χ3v) is 3.65. The number of aromatic nitrogens is 2. The lowest BCUT2D eigenvalue weighted by Gasteiger charge is -2.12. The predicted octanol–water partition coefficient (Wildman–Crippen LogP) is 3.41. The Labute approximate surface area is 147 Å². The Balaban J connectivity index is 0.00000109. The predicted molar refractivity (Wildman–Crippen MR) is 100 cm³/mol. The van der Waals surface area contributed by atoms with Gasteiger partial charge < -0.3 is 15.2 Å². The van der Waals surface area contributed by atoms with Gasteiger partial charge >= 0.3 is 0 Å². The second kappa shape index (κ2) is 9.34. The lowest BCUT2D eigenvalue weighted by molar-refractivity contribution is 0.322. The Morgan fingerprint density at radius 1 is 1.00 bits per heavy atom. The van der Waals surface area contributed by atoms with E-state index in [1.807, 2.05) is 37.3 Å². The Kier molecular flexibility index (Phi) is 6.86. The van der Waals surface area contributed by atoms with Crippen LogP contribution in [0, 0.1) is 5.41 Å². The molecule has 0 aliphatic carbocycles. The van der Waals surface area contributed by atoms with Crippen LogP contribution in [0.2, 0.25) is 0 Å². The minimum absolute atomic E-state index is 0.453. The first-order valence-corrected chi connectivity index (χ1v) is 8.11. The number of nitrogens with two attached hydrogens (primary N) is 1. The molecule has 0 spiro atoms. The van der Waals surface area contributed by atoms with Crippen molar-refractivity contribution in [1.29, 1.82) is 5.41 Å². The van der Waals surface area contributed by atoms with E-state index in [0.29, 0.717) is 18.3 Å². The van der Waals surface area contributed by atoms with Crippen LogP contribution in [0.5, 0.6) is 0 Å². The molecule has 6 heteroatoms. The highest BCUT2D eigenvalue weighted by Crippen LogP contribution is 2.23. The number of nitrogens with zero attached hydrogens (tertiary/aromatic N) is 3. The zero-order valence-electron chi connectivity index (χ0n) is 14.5. The summed E-state index contributed by atoms with van der Waals surface area (Å²) in [5.74, 6) is 1.08. The van der Waals surface area contributed by atoms with E-state index in [4.69, 9.17) is 9.93 Å². The number of benzene rings is 2. The third kappa shape index (κ3) is 4.74. The molecule has 0 fully saturated rings. The largest absolute Gasteiger partial charge is 0.354 e. The maximum absolute atomic E-state index is 7.30. The van der Waals surface area contributed by atoms with Gasteiger partial charge in [0, 0.05) is 12.1 Å². The Morgan fingerprint density at radius 2 is 1.60 bits per heavy atom. The second-order valence-corrected chi connectivity index (χ2v) is 5.15. The third-order valence-electron chi connectivity index (χ3n) is 3.65. The van der Waals surface area contributed by atoms with E-state index in [1.54, 1.807) is 4.90 Å². The molecule has 0 aliphatic heterocycles. The van der Waals surface area contributed by atoms with Crippen molar-refractivity contribution in [3.8, 4) is 22.5 Å². The molecular formula is C19H23N5O. The maximum Gasteiger partial charge on any atom is 0.246 e. The minimum Gasteiger partial charge on any atom is -0.354 e. The highest BCUT2D eigenvalue weighted by atomic mass is 16.5. The average molecular weight is 337 g/mol. The molecule has 2 aromatic carbocycles. The van der Waals surface area contributed by atoms with E-state index in [-0.39, 0.29) is 0 Å². The summed E-state index contributed by atoms with van der Waals surface area (Å²) >= 11 is 0. The fraction of sp³-hybridized carbons (Fsp3) is 0.211. The zero-order valence-corrected chi connectivity index (χ0v) is 14.5. The van der Waals surface area contributed by atoms with Gasteiger partial charge in [0.05, 0.1) is 12.9 Å². The molecule has 0 aliphatic rings. The first kappa shape index (κ1) is 18.4. The average Bonchev–Trinajstić information content (AvgIpc) is 3.17. The van der Waals surface area contributed by atoms with Gasteiger partial charge in [-0.3, -0.25) is 5.41 Å². The molecule has 0 saturated carbocycles. The van der Waals surface area contributed by atoms with Gasteiger partial charge in [0.2, 0.25) is 11.7 Å². The van der Waals surface area contributed by atoms with E-state index < -0.39 is 0 Å². The first-order chi connectivity index (χ1) is 12.3. The molecule has 3 aromatic rings. The minimum atomic E-state index is 0.453. The van der Waals surface area contributed by atoms with E-state index >= 15 is 0 Å². The molecule has 0 unspecified atom stereocenters. The van der Waals surface area contributed by atoms with E-state index in [0.717, 1.165) is 17.7 Å². The van der Waals surface area contributed by atoms with Crippen LogP contribution in [0.15, 0.2) is 59.1 Å². The van der Waals surface area contributed by atoms with Crippen LogP contribution >= 0.6 is 0 Å². The van der Waals surface area contributed by atoms with Gasteiger partial charge in [0.1, 0.15) is 0 Å². The zero-order chi connectivity index (χ0) is 18.1. The molecule has 0 bridgehead atoms. The standard InChI is InChI=1S/C18H18N4O.CH5N/c1-2-22(13-19)12-17-20-18(21-23-17)16-10-8-15(9-11-16)14-6-4-3-5-7-14;1-2/h3-11,13,19H,2,12H2,1H3;2H2,1H3. The van der Waals surface area contributed by atoms with Gasteiger partial charge in [-0.1, -0.05) is 59.8 Å². The van der Waals surface area contributed by atoms with Crippen molar-refractivity contribution in [3.63, 3.8) is 0 Å². The van der Waals surface area contributed by atoms with Crippen LogP contribution in [-0.4, -0.2) is 35.0 Å². The molecule has 0 atom stereocenters. The molecule has 6 nitrogen and oxygen atoms in total. The van der Waals surface area contributed by atoms with E-state index in [2.05, 4.69) is 40.1 Å². The second-order valence-electron chi connectivity index (χ2n) is 5.15. The highest BCUT2D eigenvalue weighted by Gasteiger charge is 2.10. The van der Waals surface area contributed by atoms with Crippen LogP contribution in [0.25, 0.3) is 22.5 Å². The number of hydrogen-bond acceptors (Lipinski definition) is 5. The van der Waals surface area contributed by atoms with Gasteiger partial charge in [-0.2, -0.15) is 4.98 Å². The van der Waals surface area contributed by atoms with Crippen molar-refractivity contribution >= 4 is 6.34 Å². The van der Waals surface area contributed by atoms with Crippen LogP contribution in [0.4, 0.5) is 0 Å². The van der Waals surface area contributed by atoms with Gasteiger partial charge in [-0.25, -0.2) is 0 Å². The van der Waals surface area contributed by atoms with E-state index in [1.165, 1.54) is 18.9 Å². The van der Waals surface area contributed by atoms with Crippen LogP contribution in [0.3, 0.4) is 0 Å². The summed E-state index contributed by atoms with van der Waals surface area (Å²) < 4.78 is 5.26. The van der Waals surface area contributed by atoms with Crippen LogP contribution in [0.1, 0.15) is 12.8 Å². The van der Waals surface area contributed by atoms with Gasteiger partial charge in [0.25, 0.3) is 0 Å². The van der Waals surface area contributed by atoms with Crippen molar-refractivity contribution in [1.82, 2.24) is 15.0 Å². The van der Waals surface area contributed by atoms with Gasteiger partial charge in [0.15, 0.2) is 0 Å². The maximum atomic E-state index is 7.30. The fourth-order valence-corrected chi connectivity index (χ4v) is 2.30. The van der Waals surface area contributed by atoms with Crippen LogP contribution in [-0.2, 0) is 6.54 Å². The van der Waals surface area contributed by atoms with Crippen molar-refractivity contribution < 1.29 is 4.52 Å². The smallest absolute Gasteiger partial charge is 0.246 e. The summed E-state index contributed by atoms with van der Waals surface area (Å²) in [5.41, 5.74) is 7.74. The first-order valence-electron chi connectivity index (χ1n) is 8.11. The molecule has 0 amide bonds. The molecule has 1 aromatic heterocycles. The number of hydrogen-bond donors (Lipinski definition) is 2. The summed E-state index contributed by atoms with van der Waals surface area (Å²) in [4.78, 5) is 6.18. The Hall–Kier alpha value is -2.99. The molecule has 130 valence electrons. The molecule has 0 saturated heterocycles. The summed E-state index contributed by atoms with van der Waals surface area (Å²) in [5, 5.41) is 11.3. The van der Waals surface area contributed by atoms with Crippen molar-refractivity contribution in [3.05, 3.63) is 60.5 Å². The molecule has 0 radical (unpaired) electrons. The number of rotatable bonds is 6. The van der Waals surface area contributed by atoms with Crippen molar-refractivity contribution in [2.75, 3.05) is 13.6 Å². The molecular weight excluding hydrogens is 314 g/mol. The molecule has 3 N–H and O–H groups in total. The number of nitrogens with one attached hydrogen (secondary N) is 1. The summed E-state index contributed by atoms with van der Waals surface area (Å²) in [6.45, 7) is 3.16. The van der Waals surface area contributed by atoms with Crippen molar-refractivity contribution in [2.24, 2.45) is 5.73 Å². The highest BCUT2D eigenvalue weighted by molar-refractivity contribution is 5.67. The van der Waals surface area contributed by atoms with Crippen LogP contribution < -0.4 is 5.73 Å². The summed E-state index contributed by atoms with van der Waals surface area (Å²) in [7, 11) is 1.50. The molecule has 3 rings (SSSR count). The topological polar surface area (TPSA) is 92.0 Å². The van der Waals surface area contributed by atoms with Crippen molar-refractivity contribution in [2.45, 2.75) is 13.5 Å². The Bertz CT molecular complexity index is 768. The lowest BCUT2D eigenvalue weighted by Crippen LogP contribution is -2.20. The monoisotopic (exact) mass is 337 g/mol. The molecule has 1 heterocycles. The SMILES string of the molecule is CCN(C=N)Cc1nc(-c2ccc(-c3ccccc3)cc2)no1.CN.